The number of amides is 4. The van der Waals surface area contributed by atoms with Gasteiger partial charge in [0, 0.05) is 19.8 Å². The number of carbonyl (C=O) groups excluding carboxylic acids is 3. The number of carbonyl (C=O) groups is 3. The third-order valence-corrected chi connectivity index (χ3v) is 8.39. The first kappa shape index (κ1) is 23.9. The highest BCUT2D eigenvalue weighted by molar-refractivity contribution is 7.89. The van der Waals surface area contributed by atoms with Crippen molar-refractivity contribution in [3.8, 4) is 0 Å². The van der Waals surface area contributed by atoms with Crippen molar-refractivity contribution in [1.29, 1.82) is 0 Å². The van der Waals surface area contributed by atoms with Crippen LogP contribution in [0.2, 0.25) is 0 Å². The molecule has 0 radical (unpaired) electrons. The van der Waals surface area contributed by atoms with E-state index >= 15 is 0 Å². The molecule has 0 bridgehead atoms. The lowest BCUT2D eigenvalue weighted by Gasteiger charge is -2.27. The van der Waals surface area contributed by atoms with Crippen molar-refractivity contribution in [3.63, 3.8) is 0 Å². The first-order chi connectivity index (χ1) is 16.1. The van der Waals surface area contributed by atoms with E-state index in [0.717, 1.165) is 39.6 Å². The molecule has 1 saturated heterocycles. The lowest BCUT2D eigenvalue weighted by molar-refractivity contribution is -0.134. The number of nitrogens with one attached hydrogen (secondary N) is 2. The molecule has 4 amide bonds. The lowest BCUT2D eigenvalue weighted by atomic mass is 9.84. The van der Waals surface area contributed by atoms with Crippen LogP contribution in [-0.2, 0) is 31.6 Å². The van der Waals surface area contributed by atoms with Crippen molar-refractivity contribution < 1.29 is 22.8 Å². The van der Waals surface area contributed by atoms with Gasteiger partial charge in [-0.05, 0) is 61.4 Å². The van der Waals surface area contributed by atoms with Crippen molar-refractivity contribution in [1.82, 2.24) is 14.5 Å². The maximum absolute atomic E-state index is 13.5. The van der Waals surface area contributed by atoms with Crippen LogP contribution in [-0.4, -0.2) is 56.1 Å². The summed E-state index contributed by atoms with van der Waals surface area (Å²) in [6.07, 6.45) is 2.98. The maximum atomic E-state index is 13.5. The van der Waals surface area contributed by atoms with E-state index in [0.29, 0.717) is 12.0 Å². The van der Waals surface area contributed by atoms with Crippen LogP contribution >= 0.6 is 0 Å². The SMILES string of the molecule is Cc1ccc(NC(=O)CN2C(=O)N[C@]3(CCCCc4ccccc43)C2=O)cc1S(=O)(=O)N(C)C. The molecule has 1 spiro atoms. The van der Waals surface area contributed by atoms with Crippen molar-refractivity contribution in [2.24, 2.45) is 0 Å². The summed E-state index contributed by atoms with van der Waals surface area (Å²) < 4.78 is 26.2. The minimum Gasteiger partial charge on any atom is -0.324 e. The quantitative estimate of drug-likeness (QED) is 0.632. The van der Waals surface area contributed by atoms with Gasteiger partial charge in [-0.2, -0.15) is 0 Å². The molecule has 0 unspecified atom stereocenters. The third-order valence-electron chi connectivity index (χ3n) is 6.43. The molecule has 2 aromatic carbocycles. The highest BCUT2D eigenvalue weighted by Crippen LogP contribution is 2.39. The van der Waals surface area contributed by atoms with Crippen molar-refractivity contribution in [3.05, 3.63) is 59.2 Å². The van der Waals surface area contributed by atoms with Crippen LogP contribution in [0.4, 0.5) is 10.5 Å². The highest BCUT2D eigenvalue weighted by Gasteiger charge is 2.53. The van der Waals surface area contributed by atoms with E-state index < -0.39 is 40.0 Å². The van der Waals surface area contributed by atoms with Gasteiger partial charge in [-0.25, -0.2) is 17.5 Å². The molecular formula is C24H28N4O5S. The van der Waals surface area contributed by atoms with E-state index in [-0.39, 0.29) is 10.6 Å². The van der Waals surface area contributed by atoms with Crippen LogP contribution in [0.3, 0.4) is 0 Å². The van der Waals surface area contributed by atoms with E-state index in [1.165, 1.54) is 20.2 Å². The predicted molar refractivity (Wildman–Crippen MR) is 127 cm³/mol. The average Bonchev–Trinajstić information content (AvgIpc) is 2.92. The fourth-order valence-electron chi connectivity index (χ4n) is 4.61. The molecule has 1 aliphatic carbocycles. The molecule has 2 N–H and O–H groups in total. The molecule has 2 aliphatic rings. The summed E-state index contributed by atoms with van der Waals surface area (Å²) in [5.41, 5.74) is 1.44. The number of hydrogen-bond donors (Lipinski definition) is 2. The third kappa shape index (κ3) is 4.07. The molecule has 2 aromatic rings. The molecule has 4 rings (SSSR count). The first-order valence-electron chi connectivity index (χ1n) is 11.1. The Balaban J connectivity index is 1.55. The lowest BCUT2D eigenvalue weighted by Crippen LogP contribution is -2.44. The smallest absolute Gasteiger partial charge is 0.324 e. The van der Waals surface area contributed by atoms with Crippen LogP contribution in [0.1, 0.15) is 36.0 Å². The molecule has 34 heavy (non-hydrogen) atoms. The number of hydrogen-bond acceptors (Lipinski definition) is 5. The summed E-state index contributed by atoms with van der Waals surface area (Å²) in [5.74, 6) is -1.04. The van der Waals surface area contributed by atoms with E-state index in [4.69, 9.17) is 0 Å². The molecule has 1 heterocycles. The number of benzene rings is 2. The molecule has 180 valence electrons. The molecular weight excluding hydrogens is 456 g/mol. The molecule has 0 aromatic heterocycles. The van der Waals surface area contributed by atoms with Crippen molar-refractivity contribution in [2.75, 3.05) is 26.0 Å². The van der Waals surface area contributed by atoms with E-state index in [2.05, 4.69) is 10.6 Å². The Morgan fingerprint density at radius 1 is 1.15 bits per heavy atom. The summed E-state index contributed by atoms with van der Waals surface area (Å²) in [6.45, 7) is 1.19. The average molecular weight is 485 g/mol. The van der Waals surface area contributed by atoms with Crippen LogP contribution in [0.25, 0.3) is 0 Å². The Labute approximate surface area is 199 Å². The molecule has 10 heteroatoms. The van der Waals surface area contributed by atoms with E-state index in [1.807, 2.05) is 24.3 Å². The number of nitrogens with zero attached hydrogens (tertiary/aromatic N) is 2. The number of anilines is 1. The zero-order valence-corrected chi connectivity index (χ0v) is 20.2. The monoisotopic (exact) mass is 484 g/mol. The second-order valence-corrected chi connectivity index (χ2v) is 11.0. The maximum Gasteiger partial charge on any atom is 0.325 e. The zero-order chi connectivity index (χ0) is 24.7. The first-order valence-corrected chi connectivity index (χ1v) is 12.6. The Morgan fingerprint density at radius 3 is 2.62 bits per heavy atom. The van der Waals surface area contributed by atoms with E-state index in [9.17, 15) is 22.8 Å². The molecule has 1 fully saturated rings. The highest BCUT2D eigenvalue weighted by atomic mass is 32.2. The fraction of sp³-hybridized carbons (Fsp3) is 0.375. The van der Waals surface area contributed by atoms with Gasteiger partial charge in [-0.15, -0.1) is 0 Å². The Bertz CT molecular complexity index is 1270. The van der Waals surface area contributed by atoms with Gasteiger partial charge in [0.25, 0.3) is 5.91 Å². The molecule has 1 aliphatic heterocycles. The van der Waals surface area contributed by atoms with Crippen molar-refractivity contribution in [2.45, 2.75) is 43.0 Å². The number of urea groups is 1. The largest absolute Gasteiger partial charge is 0.325 e. The van der Waals surface area contributed by atoms with Crippen LogP contribution in [0.15, 0.2) is 47.4 Å². The van der Waals surface area contributed by atoms with Gasteiger partial charge < -0.3 is 10.6 Å². The fourth-order valence-corrected chi connectivity index (χ4v) is 5.76. The minimum atomic E-state index is -3.70. The predicted octanol–water partition coefficient (Wildman–Crippen LogP) is 2.36. The van der Waals surface area contributed by atoms with Crippen molar-refractivity contribution >= 4 is 33.6 Å². The minimum absolute atomic E-state index is 0.0688. The molecule has 1 atom stereocenters. The second-order valence-electron chi connectivity index (χ2n) is 8.91. The van der Waals surface area contributed by atoms with Crippen LogP contribution < -0.4 is 10.6 Å². The number of sulfonamides is 1. The number of aryl methyl sites for hydroxylation is 2. The van der Waals surface area contributed by atoms with Crippen LogP contribution in [0.5, 0.6) is 0 Å². The second kappa shape index (κ2) is 8.84. The van der Waals surface area contributed by atoms with Gasteiger partial charge in [-0.3, -0.25) is 14.5 Å². The summed E-state index contributed by atoms with van der Waals surface area (Å²) >= 11 is 0. The number of rotatable bonds is 5. The standard InChI is InChI=1S/C24H28N4O5S/c1-16-11-12-18(14-20(16)34(32,33)27(2)3)25-21(29)15-28-22(30)24(26-23(28)31)13-7-6-9-17-8-4-5-10-19(17)24/h4-5,8,10-12,14H,6-7,9,13,15H2,1-3H3,(H,25,29)(H,26,31)/t24-/m0/s1. The zero-order valence-electron chi connectivity index (χ0n) is 19.4. The normalized spacial score (nSPS) is 20.3. The van der Waals surface area contributed by atoms with Gasteiger partial charge >= 0.3 is 6.03 Å². The Kier molecular flexibility index (Phi) is 6.22. The number of imide groups is 1. The Hall–Kier alpha value is -3.24. The topological polar surface area (TPSA) is 116 Å². The van der Waals surface area contributed by atoms with Gasteiger partial charge in [-0.1, -0.05) is 30.3 Å². The summed E-state index contributed by atoms with van der Waals surface area (Å²) in [5, 5.41) is 5.47. The van der Waals surface area contributed by atoms with Gasteiger partial charge in [0.05, 0.1) is 4.90 Å². The molecule has 0 saturated carbocycles. The van der Waals surface area contributed by atoms with Crippen LogP contribution in [0, 0.1) is 6.92 Å². The van der Waals surface area contributed by atoms with Gasteiger partial charge in [0.2, 0.25) is 15.9 Å². The summed E-state index contributed by atoms with van der Waals surface area (Å²) in [6, 6.07) is 11.5. The van der Waals surface area contributed by atoms with Gasteiger partial charge in [0.1, 0.15) is 12.1 Å². The number of fused-ring (bicyclic) bond motifs is 2. The van der Waals surface area contributed by atoms with E-state index in [1.54, 1.807) is 19.1 Å². The Morgan fingerprint density at radius 2 is 1.88 bits per heavy atom. The molecule has 9 nitrogen and oxygen atoms in total. The van der Waals surface area contributed by atoms with Gasteiger partial charge in [0.15, 0.2) is 0 Å². The summed E-state index contributed by atoms with van der Waals surface area (Å²) in [4.78, 5) is 40.1. The summed E-state index contributed by atoms with van der Waals surface area (Å²) in [7, 11) is -0.844.